The molecule has 0 aliphatic heterocycles. The highest BCUT2D eigenvalue weighted by molar-refractivity contribution is 5.92. The summed E-state index contributed by atoms with van der Waals surface area (Å²) < 4.78 is 31.9. The minimum absolute atomic E-state index is 0.0759. The molecular weight excluding hydrogens is 266 g/mol. The highest BCUT2D eigenvalue weighted by Crippen LogP contribution is 2.17. The molecule has 20 heavy (non-hydrogen) atoms. The van der Waals surface area contributed by atoms with Crippen LogP contribution in [-0.4, -0.2) is 12.5 Å². The number of furan rings is 1. The molecule has 4 nitrogen and oxygen atoms in total. The van der Waals surface area contributed by atoms with Crippen molar-refractivity contribution in [1.82, 2.24) is 5.32 Å². The zero-order valence-corrected chi connectivity index (χ0v) is 10.9. The molecule has 106 valence electrons. The number of anilines is 1. The SMILES string of the molecule is Cc1ccc(CNCC(=O)Nc2c(F)cccc2F)o1. The van der Waals surface area contributed by atoms with Crippen molar-refractivity contribution in [2.45, 2.75) is 13.5 Å². The van der Waals surface area contributed by atoms with E-state index in [1.54, 1.807) is 6.07 Å². The number of nitrogens with one attached hydrogen (secondary N) is 2. The molecule has 0 saturated heterocycles. The summed E-state index contributed by atoms with van der Waals surface area (Å²) in [6.45, 7) is 2.10. The lowest BCUT2D eigenvalue weighted by molar-refractivity contribution is -0.115. The maximum atomic E-state index is 13.3. The van der Waals surface area contributed by atoms with Gasteiger partial charge in [0.2, 0.25) is 5.91 Å². The molecule has 0 spiro atoms. The van der Waals surface area contributed by atoms with Crippen molar-refractivity contribution < 1.29 is 18.0 Å². The first-order chi connectivity index (χ1) is 9.56. The number of para-hydroxylation sites is 1. The molecule has 1 aromatic heterocycles. The molecule has 1 aromatic carbocycles. The topological polar surface area (TPSA) is 54.3 Å². The molecule has 2 aromatic rings. The zero-order chi connectivity index (χ0) is 14.5. The van der Waals surface area contributed by atoms with Crippen molar-refractivity contribution >= 4 is 11.6 Å². The summed E-state index contributed by atoms with van der Waals surface area (Å²) in [5.41, 5.74) is -0.437. The zero-order valence-electron chi connectivity index (χ0n) is 10.9. The lowest BCUT2D eigenvalue weighted by Gasteiger charge is -2.07. The third-order valence-corrected chi connectivity index (χ3v) is 2.61. The van der Waals surface area contributed by atoms with Crippen LogP contribution in [0.15, 0.2) is 34.7 Å². The third kappa shape index (κ3) is 3.64. The average molecular weight is 280 g/mol. The molecule has 0 saturated carbocycles. The van der Waals surface area contributed by atoms with E-state index in [4.69, 9.17) is 4.42 Å². The Morgan fingerprint density at radius 2 is 1.90 bits per heavy atom. The highest BCUT2D eigenvalue weighted by Gasteiger charge is 2.11. The van der Waals surface area contributed by atoms with Gasteiger partial charge in [0.15, 0.2) is 0 Å². The Labute approximate surface area is 114 Å². The van der Waals surface area contributed by atoms with Crippen LogP contribution >= 0.6 is 0 Å². The average Bonchev–Trinajstić information content (AvgIpc) is 2.80. The van der Waals surface area contributed by atoms with Crippen LogP contribution in [0.4, 0.5) is 14.5 Å². The van der Waals surface area contributed by atoms with E-state index in [2.05, 4.69) is 10.6 Å². The van der Waals surface area contributed by atoms with Crippen LogP contribution < -0.4 is 10.6 Å². The van der Waals surface area contributed by atoms with E-state index < -0.39 is 23.2 Å². The summed E-state index contributed by atoms with van der Waals surface area (Å²) in [6.07, 6.45) is 0. The highest BCUT2D eigenvalue weighted by atomic mass is 19.1. The number of hydrogen-bond acceptors (Lipinski definition) is 3. The summed E-state index contributed by atoms with van der Waals surface area (Å²) in [6, 6.07) is 7.00. The minimum Gasteiger partial charge on any atom is -0.465 e. The fraction of sp³-hybridized carbons (Fsp3) is 0.214. The van der Waals surface area contributed by atoms with Crippen LogP contribution in [0, 0.1) is 18.6 Å². The van der Waals surface area contributed by atoms with E-state index in [1.165, 1.54) is 6.07 Å². The first-order valence-corrected chi connectivity index (χ1v) is 6.06. The van der Waals surface area contributed by atoms with Crippen LogP contribution in [0.1, 0.15) is 11.5 Å². The minimum atomic E-state index is -0.806. The second-order valence-electron chi connectivity index (χ2n) is 4.26. The number of amides is 1. The van der Waals surface area contributed by atoms with Gasteiger partial charge >= 0.3 is 0 Å². The first kappa shape index (κ1) is 14.2. The lowest BCUT2D eigenvalue weighted by Crippen LogP contribution is -2.28. The Morgan fingerprint density at radius 3 is 2.50 bits per heavy atom. The number of rotatable bonds is 5. The first-order valence-electron chi connectivity index (χ1n) is 6.06. The van der Waals surface area contributed by atoms with Crippen molar-refractivity contribution in [2.24, 2.45) is 0 Å². The van der Waals surface area contributed by atoms with Gasteiger partial charge in [0.25, 0.3) is 0 Å². The van der Waals surface area contributed by atoms with E-state index in [-0.39, 0.29) is 6.54 Å². The molecule has 0 radical (unpaired) electrons. The Morgan fingerprint density at radius 1 is 1.20 bits per heavy atom. The van der Waals surface area contributed by atoms with Crippen LogP contribution in [0.2, 0.25) is 0 Å². The predicted molar refractivity (Wildman–Crippen MR) is 70.1 cm³/mol. The van der Waals surface area contributed by atoms with Gasteiger partial charge in [0.05, 0.1) is 13.1 Å². The summed E-state index contributed by atoms with van der Waals surface area (Å²) >= 11 is 0. The van der Waals surface area contributed by atoms with Crippen LogP contribution in [-0.2, 0) is 11.3 Å². The van der Waals surface area contributed by atoms with Gasteiger partial charge in [-0.25, -0.2) is 8.78 Å². The van der Waals surface area contributed by atoms with E-state index in [0.717, 1.165) is 17.9 Å². The molecule has 0 fully saturated rings. The van der Waals surface area contributed by atoms with Gasteiger partial charge in [-0.15, -0.1) is 0 Å². The number of hydrogen-bond donors (Lipinski definition) is 2. The molecule has 0 bridgehead atoms. The Bertz CT molecular complexity index is 591. The standard InChI is InChI=1S/C14H14F2N2O2/c1-9-5-6-10(20-9)7-17-8-13(19)18-14-11(15)3-2-4-12(14)16/h2-6,17H,7-8H2,1H3,(H,18,19). The van der Waals surface area contributed by atoms with Gasteiger partial charge in [-0.3, -0.25) is 4.79 Å². The molecule has 0 unspecified atom stereocenters. The second-order valence-corrected chi connectivity index (χ2v) is 4.26. The van der Waals surface area contributed by atoms with Crippen LogP contribution in [0.25, 0.3) is 0 Å². The normalized spacial score (nSPS) is 10.6. The third-order valence-electron chi connectivity index (χ3n) is 2.61. The van der Waals surface area contributed by atoms with E-state index in [9.17, 15) is 13.6 Å². The Balaban J connectivity index is 1.84. The maximum Gasteiger partial charge on any atom is 0.238 e. The van der Waals surface area contributed by atoms with Gasteiger partial charge in [0, 0.05) is 0 Å². The monoisotopic (exact) mass is 280 g/mol. The van der Waals surface area contributed by atoms with Gasteiger partial charge in [-0.1, -0.05) is 6.07 Å². The van der Waals surface area contributed by atoms with Crippen molar-refractivity contribution in [3.63, 3.8) is 0 Å². The molecule has 2 N–H and O–H groups in total. The Kier molecular flexibility index (Phi) is 4.47. The molecule has 1 amide bonds. The molecule has 2 rings (SSSR count). The lowest BCUT2D eigenvalue weighted by atomic mass is 10.3. The summed E-state index contributed by atoms with van der Waals surface area (Å²) in [5, 5.41) is 5.01. The van der Waals surface area contributed by atoms with Crippen molar-refractivity contribution in [3.8, 4) is 0 Å². The molecule has 0 atom stereocenters. The van der Waals surface area contributed by atoms with Gasteiger partial charge in [0.1, 0.15) is 28.8 Å². The maximum absolute atomic E-state index is 13.3. The number of aryl methyl sites for hydroxylation is 1. The van der Waals surface area contributed by atoms with Crippen molar-refractivity contribution in [3.05, 3.63) is 53.5 Å². The Hall–Kier alpha value is -2.21. The van der Waals surface area contributed by atoms with Gasteiger partial charge in [-0.2, -0.15) is 0 Å². The second kappa shape index (κ2) is 6.29. The number of carbonyl (C=O) groups is 1. The summed E-state index contributed by atoms with van der Waals surface area (Å²) in [7, 11) is 0. The number of halogens is 2. The number of benzene rings is 1. The predicted octanol–water partition coefficient (Wildman–Crippen LogP) is 2.59. The van der Waals surface area contributed by atoms with Crippen LogP contribution in [0.5, 0.6) is 0 Å². The van der Waals surface area contributed by atoms with E-state index in [0.29, 0.717) is 12.3 Å². The van der Waals surface area contributed by atoms with Crippen LogP contribution in [0.3, 0.4) is 0 Å². The fourth-order valence-electron chi connectivity index (χ4n) is 1.68. The van der Waals surface area contributed by atoms with E-state index >= 15 is 0 Å². The smallest absolute Gasteiger partial charge is 0.238 e. The summed E-state index contributed by atoms with van der Waals surface area (Å²) in [5.74, 6) is -0.677. The molecule has 0 aliphatic carbocycles. The van der Waals surface area contributed by atoms with Crippen molar-refractivity contribution in [1.29, 1.82) is 0 Å². The fourth-order valence-corrected chi connectivity index (χ4v) is 1.68. The van der Waals surface area contributed by atoms with Crippen molar-refractivity contribution in [2.75, 3.05) is 11.9 Å². The molecular formula is C14H14F2N2O2. The van der Waals surface area contributed by atoms with Gasteiger partial charge in [-0.05, 0) is 31.2 Å². The quantitative estimate of drug-likeness (QED) is 0.885. The number of carbonyl (C=O) groups excluding carboxylic acids is 1. The molecule has 0 aliphatic rings. The van der Waals surface area contributed by atoms with Gasteiger partial charge < -0.3 is 15.1 Å². The molecule has 6 heteroatoms. The molecule has 1 heterocycles. The van der Waals surface area contributed by atoms with E-state index in [1.807, 2.05) is 13.0 Å². The largest absolute Gasteiger partial charge is 0.465 e. The summed E-state index contributed by atoms with van der Waals surface area (Å²) in [4.78, 5) is 11.6.